The molecule has 2 aliphatic rings. The molecule has 6 heteroatoms. The largest absolute Gasteiger partial charge is 0.350 e. The lowest BCUT2D eigenvalue weighted by atomic mass is 10.1. The number of aromatic nitrogens is 2. The van der Waals surface area contributed by atoms with Crippen LogP contribution >= 0.6 is 11.6 Å². The standard InChI is InChI=1S/C13H17ClN4O/c14-12-7-15-6-11(17-12)13(19)16-5-9-3-4-18(8-9)10-1-2-10/h6-7,9-10H,1-5,8H2,(H,16,19). The Labute approximate surface area is 117 Å². The van der Waals surface area contributed by atoms with Crippen molar-refractivity contribution in [3.05, 3.63) is 23.2 Å². The van der Waals surface area contributed by atoms with Crippen molar-refractivity contribution in [1.29, 1.82) is 0 Å². The number of likely N-dealkylation sites (tertiary alicyclic amines) is 1. The molecule has 19 heavy (non-hydrogen) atoms. The van der Waals surface area contributed by atoms with Crippen LogP contribution in [-0.4, -0.2) is 46.5 Å². The van der Waals surface area contributed by atoms with E-state index in [-0.39, 0.29) is 16.8 Å². The second-order valence-electron chi connectivity index (χ2n) is 5.32. The molecular weight excluding hydrogens is 264 g/mol. The molecule has 1 aromatic rings. The van der Waals surface area contributed by atoms with Crippen LogP contribution in [0.25, 0.3) is 0 Å². The summed E-state index contributed by atoms with van der Waals surface area (Å²) >= 11 is 5.72. The van der Waals surface area contributed by atoms with Crippen LogP contribution < -0.4 is 5.32 Å². The van der Waals surface area contributed by atoms with Gasteiger partial charge in [-0.25, -0.2) is 4.98 Å². The molecule has 0 bridgehead atoms. The molecule has 1 saturated carbocycles. The van der Waals surface area contributed by atoms with Crippen molar-refractivity contribution in [1.82, 2.24) is 20.2 Å². The summed E-state index contributed by atoms with van der Waals surface area (Å²) in [5.74, 6) is 0.358. The summed E-state index contributed by atoms with van der Waals surface area (Å²) in [6.45, 7) is 2.98. The molecule has 1 aliphatic heterocycles. The lowest BCUT2D eigenvalue weighted by Gasteiger charge is -2.15. The summed E-state index contributed by atoms with van der Waals surface area (Å²) in [5.41, 5.74) is 0.282. The fraction of sp³-hybridized carbons (Fsp3) is 0.615. The van der Waals surface area contributed by atoms with Crippen LogP contribution in [0, 0.1) is 5.92 Å². The monoisotopic (exact) mass is 280 g/mol. The van der Waals surface area contributed by atoms with Crippen molar-refractivity contribution in [2.75, 3.05) is 19.6 Å². The van der Waals surface area contributed by atoms with Gasteiger partial charge in [-0.1, -0.05) is 11.6 Å². The van der Waals surface area contributed by atoms with E-state index < -0.39 is 0 Å². The SMILES string of the molecule is O=C(NCC1CCN(C2CC2)C1)c1cncc(Cl)n1. The third-order valence-corrected chi connectivity index (χ3v) is 3.95. The summed E-state index contributed by atoms with van der Waals surface area (Å²) in [6.07, 6.45) is 6.71. The van der Waals surface area contributed by atoms with Crippen molar-refractivity contribution in [3.63, 3.8) is 0 Å². The second-order valence-corrected chi connectivity index (χ2v) is 5.71. The van der Waals surface area contributed by atoms with Gasteiger partial charge in [0, 0.05) is 19.1 Å². The predicted molar refractivity (Wildman–Crippen MR) is 72.1 cm³/mol. The van der Waals surface area contributed by atoms with Gasteiger partial charge in [0.1, 0.15) is 10.8 Å². The topological polar surface area (TPSA) is 58.1 Å². The first-order valence-corrected chi connectivity index (χ1v) is 7.10. The highest BCUT2D eigenvalue weighted by molar-refractivity contribution is 6.29. The van der Waals surface area contributed by atoms with E-state index in [0.29, 0.717) is 12.5 Å². The molecule has 102 valence electrons. The Bertz CT molecular complexity index is 477. The fourth-order valence-electron chi connectivity index (χ4n) is 2.58. The third kappa shape index (κ3) is 3.22. The van der Waals surface area contributed by atoms with Crippen molar-refractivity contribution in [3.8, 4) is 0 Å². The van der Waals surface area contributed by atoms with Gasteiger partial charge in [-0.15, -0.1) is 0 Å². The molecule has 2 heterocycles. The molecule has 1 saturated heterocycles. The zero-order chi connectivity index (χ0) is 13.2. The minimum atomic E-state index is -0.195. The summed E-state index contributed by atoms with van der Waals surface area (Å²) in [6, 6.07) is 0.819. The number of nitrogens with zero attached hydrogens (tertiary/aromatic N) is 3. The Kier molecular flexibility index (Phi) is 3.66. The summed E-state index contributed by atoms with van der Waals surface area (Å²) in [5, 5.41) is 3.17. The zero-order valence-corrected chi connectivity index (χ0v) is 11.4. The third-order valence-electron chi connectivity index (χ3n) is 3.77. The minimum Gasteiger partial charge on any atom is -0.350 e. The van der Waals surface area contributed by atoms with Crippen LogP contribution in [0.4, 0.5) is 0 Å². The highest BCUT2D eigenvalue weighted by atomic mass is 35.5. The number of rotatable bonds is 4. The molecule has 1 aliphatic carbocycles. The Morgan fingerprint density at radius 3 is 3.00 bits per heavy atom. The van der Waals surface area contributed by atoms with E-state index in [9.17, 15) is 4.79 Å². The summed E-state index contributed by atoms with van der Waals surface area (Å²) in [7, 11) is 0. The molecular formula is C13H17ClN4O. The van der Waals surface area contributed by atoms with E-state index in [0.717, 1.165) is 19.0 Å². The van der Waals surface area contributed by atoms with Crippen molar-refractivity contribution in [2.45, 2.75) is 25.3 Å². The first-order chi connectivity index (χ1) is 9.22. The molecule has 1 amide bonds. The number of hydrogen-bond donors (Lipinski definition) is 1. The van der Waals surface area contributed by atoms with Crippen LogP contribution in [0.1, 0.15) is 29.8 Å². The van der Waals surface area contributed by atoms with Gasteiger partial charge < -0.3 is 10.2 Å². The van der Waals surface area contributed by atoms with Crippen LogP contribution in [0.2, 0.25) is 5.15 Å². The van der Waals surface area contributed by atoms with E-state index in [1.54, 1.807) is 0 Å². The second kappa shape index (κ2) is 5.43. The van der Waals surface area contributed by atoms with Gasteiger partial charge in [0.05, 0.1) is 12.4 Å². The van der Waals surface area contributed by atoms with Gasteiger partial charge in [-0.2, -0.15) is 0 Å². The normalized spacial score (nSPS) is 23.5. The summed E-state index contributed by atoms with van der Waals surface area (Å²) < 4.78 is 0. The number of carbonyl (C=O) groups is 1. The average molecular weight is 281 g/mol. The van der Waals surface area contributed by atoms with Crippen LogP contribution in [-0.2, 0) is 0 Å². The van der Waals surface area contributed by atoms with Crippen LogP contribution in [0.3, 0.4) is 0 Å². The van der Waals surface area contributed by atoms with Gasteiger partial charge in [-0.3, -0.25) is 9.78 Å². The molecule has 2 fully saturated rings. The lowest BCUT2D eigenvalue weighted by molar-refractivity contribution is 0.0942. The maximum absolute atomic E-state index is 11.9. The predicted octanol–water partition coefficient (Wildman–Crippen LogP) is 1.34. The molecule has 0 radical (unpaired) electrons. The van der Waals surface area contributed by atoms with E-state index in [4.69, 9.17) is 11.6 Å². The van der Waals surface area contributed by atoms with Gasteiger partial charge in [0.2, 0.25) is 0 Å². The Morgan fingerprint density at radius 1 is 1.42 bits per heavy atom. The highest BCUT2D eigenvalue weighted by Gasteiger charge is 2.34. The van der Waals surface area contributed by atoms with E-state index in [1.807, 2.05) is 0 Å². The summed E-state index contributed by atoms with van der Waals surface area (Å²) in [4.78, 5) is 22.3. The molecule has 0 spiro atoms. The molecule has 3 rings (SSSR count). The first kappa shape index (κ1) is 12.8. The highest BCUT2D eigenvalue weighted by Crippen LogP contribution is 2.31. The Morgan fingerprint density at radius 2 is 2.26 bits per heavy atom. The molecule has 1 atom stereocenters. The van der Waals surface area contributed by atoms with Gasteiger partial charge >= 0.3 is 0 Å². The molecule has 0 aromatic carbocycles. The fourth-order valence-corrected chi connectivity index (χ4v) is 2.73. The van der Waals surface area contributed by atoms with E-state index in [2.05, 4.69) is 20.2 Å². The number of amides is 1. The lowest BCUT2D eigenvalue weighted by Crippen LogP contribution is -2.32. The van der Waals surface area contributed by atoms with Crippen molar-refractivity contribution >= 4 is 17.5 Å². The van der Waals surface area contributed by atoms with Crippen molar-refractivity contribution in [2.24, 2.45) is 5.92 Å². The Hall–Kier alpha value is -1.20. The van der Waals surface area contributed by atoms with E-state index in [1.165, 1.54) is 31.8 Å². The molecule has 1 unspecified atom stereocenters. The average Bonchev–Trinajstić information content (AvgIpc) is 3.15. The number of nitrogens with one attached hydrogen (secondary N) is 1. The zero-order valence-electron chi connectivity index (χ0n) is 10.7. The molecule has 5 nitrogen and oxygen atoms in total. The van der Waals surface area contributed by atoms with Crippen LogP contribution in [0.5, 0.6) is 0 Å². The quantitative estimate of drug-likeness (QED) is 0.904. The maximum atomic E-state index is 11.9. The smallest absolute Gasteiger partial charge is 0.271 e. The van der Waals surface area contributed by atoms with Gasteiger partial charge in [0.15, 0.2) is 0 Å². The van der Waals surface area contributed by atoms with Gasteiger partial charge in [-0.05, 0) is 31.7 Å². The Balaban J connectivity index is 1.48. The minimum absolute atomic E-state index is 0.195. The molecule has 1 N–H and O–H groups in total. The van der Waals surface area contributed by atoms with E-state index >= 15 is 0 Å². The number of hydrogen-bond acceptors (Lipinski definition) is 4. The first-order valence-electron chi connectivity index (χ1n) is 6.72. The number of halogens is 1. The van der Waals surface area contributed by atoms with Crippen LogP contribution in [0.15, 0.2) is 12.4 Å². The maximum Gasteiger partial charge on any atom is 0.271 e. The van der Waals surface area contributed by atoms with Gasteiger partial charge in [0.25, 0.3) is 5.91 Å². The number of carbonyl (C=O) groups excluding carboxylic acids is 1. The molecule has 1 aromatic heterocycles. The van der Waals surface area contributed by atoms with Crippen molar-refractivity contribution < 1.29 is 4.79 Å².